The fourth-order valence-corrected chi connectivity index (χ4v) is 5.59. The average molecular weight is 472 g/mol. The predicted octanol–water partition coefficient (Wildman–Crippen LogP) is 5.15. The van der Waals surface area contributed by atoms with Crippen molar-refractivity contribution >= 4 is 17.5 Å². The molecular formula is C29H29NO5. The summed E-state index contributed by atoms with van der Waals surface area (Å²) in [6, 6.07) is 17.6. The molecule has 1 aliphatic heterocycles. The van der Waals surface area contributed by atoms with Crippen molar-refractivity contribution in [2.45, 2.75) is 57.5 Å². The van der Waals surface area contributed by atoms with Gasteiger partial charge in [0, 0.05) is 53.4 Å². The van der Waals surface area contributed by atoms with Crippen LogP contribution in [0.15, 0.2) is 77.1 Å². The fourth-order valence-electron chi connectivity index (χ4n) is 5.59. The monoisotopic (exact) mass is 471 g/mol. The SMILES string of the molecule is O=C(O)CCN1C2=C(C(=O)CCC2)C(c2ccccc2OCc2ccccc2)C2=C1CCCC2=O. The maximum Gasteiger partial charge on any atom is 0.305 e. The largest absolute Gasteiger partial charge is 0.489 e. The van der Waals surface area contributed by atoms with Gasteiger partial charge in [-0.1, -0.05) is 48.5 Å². The molecule has 2 aromatic carbocycles. The van der Waals surface area contributed by atoms with Crippen molar-refractivity contribution in [3.63, 3.8) is 0 Å². The summed E-state index contributed by atoms with van der Waals surface area (Å²) in [7, 11) is 0. The molecule has 1 N–H and O–H groups in total. The van der Waals surface area contributed by atoms with Gasteiger partial charge in [0.2, 0.25) is 0 Å². The maximum absolute atomic E-state index is 13.4. The molecule has 5 rings (SSSR count). The van der Waals surface area contributed by atoms with Gasteiger partial charge in [-0.05, 0) is 37.3 Å². The number of benzene rings is 2. The molecule has 3 aliphatic rings. The molecule has 2 aliphatic carbocycles. The zero-order valence-corrected chi connectivity index (χ0v) is 19.7. The van der Waals surface area contributed by atoms with Crippen LogP contribution in [0.4, 0.5) is 0 Å². The van der Waals surface area contributed by atoms with Gasteiger partial charge in [0.05, 0.1) is 6.42 Å². The second kappa shape index (κ2) is 9.90. The number of ether oxygens (including phenoxy) is 1. The van der Waals surface area contributed by atoms with E-state index in [4.69, 9.17) is 4.74 Å². The predicted molar refractivity (Wildman–Crippen MR) is 131 cm³/mol. The van der Waals surface area contributed by atoms with Crippen LogP contribution >= 0.6 is 0 Å². The van der Waals surface area contributed by atoms with E-state index in [1.807, 2.05) is 59.5 Å². The van der Waals surface area contributed by atoms with Gasteiger partial charge in [-0.2, -0.15) is 0 Å². The number of hydrogen-bond acceptors (Lipinski definition) is 5. The lowest BCUT2D eigenvalue weighted by Crippen LogP contribution is -2.40. The topological polar surface area (TPSA) is 83.9 Å². The molecule has 0 spiro atoms. The molecule has 0 aromatic heterocycles. The molecule has 35 heavy (non-hydrogen) atoms. The van der Waals surface area contributed by atoms with Crippen LogP contribution in [-0.4, -0.2) is 34.1 Å². The zero-order chi connectivity index (χ0) is 24.4. The number of aliphatic carboxylic acids is 1. The summed E-state index contributed by atoms with van der Waals surface area (Å²) >= 11 is 0. The second-order valence-corrected chi connectivity index (χ2v) is 9.31. The Morgan fingerprint density at radius 1 is 0.857 bits per heavy atom. The zero-order valence-electron chi connectivity index (χ0n) is 19.7. The van der Waals surface area contributed by atoms with Crippen LogP contribution in [0, 0.1) is 0 Å². The van der Waals surface area contributed by atoms with E-state index in [-0.39, 0.29) is 24.5 Å². The number of carboxylic acids is 1. The minimum absolute atomic E-state index is 0.0411. The van der Waals surface area contributed by atoms with Gasteiger partial charge in [0.1, 0.15) is 12.4 Å². The van der Waals surface area contributed by atoms with Crippen LogP contribution in [0.2, 0.25) is 0 Å². The Balaban J connectivity index is 1.62. The summed E-state index contributed by atoms with van der Waals surface area (Å²) < 4.78 is 6.25. The number of carbonyl (C=O) groups excluding carboxylic acids is 2. The highest BCUT2D eigenvalue weighted by molar-refractivity contribution is 6.06. The van der Waals surface area contributed by atoms with Gasteiger partial charge in [-0.25, -0.2) is 0 Å². The Bertz CT molecular complexity index is 1180. The van der Waals surface area contributed by atoms with Crippen molar-refractivity contribution in [3.05, 3.63) is 88.3 Å². The van der Waals surface area contributed by atoms with Gasteiger partial charge in [0.25, 0.3) is 0 Å². The van der Waals surface area contributed by atoms with E-state index in [1.54, 1.807) is 0 Å². The smallest absolute Gasteiger partial charge is 0.305 e. The highest BCUT2D eigenvalue weighted by atomic mass is 16.5. The normalized spacial score (nSPS) is 18.5. The Morgan fingerprint density at radius 3 is 2.09 bits per heavy atom. The Hall–Kier alpha value is -3.67. The van der Waals surface area contributed by atoms with Crippen molar-refractivity contribution in [2.24, 2.45) is 0 Å². The molecule has 0 unspecified atom stereocenters. The summed E-state index contributed by atoms with van der Waals surface area (Å²) in [4.78, 5) is 40.2. The van der Waals surface area contributed by atoms with E-state index < -0.39 is 11.9 Å². The standard InChI is InChI=1S/C29H29NO5/c31-23-13-6-11-21-28(23)27(29-22(12-7-14-24(29)32)30(21)17-16-26(33)34)20-10-4-5-15-25(20)35-18-19-8-2-1-3-9-19/h1-5,8-10,15,27H,6-7,11-14,16-18H2,(H,33,34). The van der Waals surface area contributed by atoms with Gasteiger partial charge in [-0.15, -0.1) is 0 Å². The molecule has 1 heterocycles. The third-order valence-corrected chi connectivity index (χ3v) is 7.10. The molecule has 0 saturated heterocycles. The van der Waals surface area contributed by atoms with Crippen LogP contribution < -0.4 is 4.74 Å². The lowest BCUT2D eigenvalue weighted by atomic mass is 9.70. The van der Waals surface area contributed by atoms with Crippen LogP contribution in [0.3, 0.4) is 0 Å². The minimum Gasteiger partial charge on any atom is -0.489 e. The molecule has 180 valence electrons. The number of para-hydroxylation sites is 1. The average Bonchev–Trinajstić information content (AvgIpc) is 2.87. The molecule has 2 aromatic rings. The lowest BCUT2D eigenvalue weighted by Gasteiger charge is -2.44. The maximum atomic E-state index is 13.4. The van der Waals surface area contributed by atoms with E-state index in [0.29, 0.717) is 49.2 Å². The first-order chi connectivity index (χ1) is 17.0. The van der Waals surface area contributed by atoms with Crippen LogP contribution in [0.25, 0.3) is 0 Å². The lowest BCUT2D eigenvalue weighted by molar-refractivity contribution is -0.137. The molecular weight excluding hydrogens is 442 g/mol. The van der Waals surface area contributed by atoms with Gasteiger partial charge in [-0.3, -0.25) is 14.4 Å². The number of rotatable bonds is 7. The van der Waals surface area contributed by atoms with Crippen molar-refractivity contribution in [2.75, 3.05) is 6.54 Å². The molecule has 6 heteroatoms. The molecule has 0 fully saturated rings. The second-order valence-electron chi connectivity index (χ2n) is 9.31. The Kier molecular flexibility index (Phi) is 6.53. The quantitative estimate of drug-likeness (QED) is 0.601. The molecule has 0 saturated carbocycles. The van der Waals surface area contributed by atoms with Gasteiger partial charge in [0.15, 0.2) is 11.6 Å². The molecule has 6 nitrogen and oxygen atoms in total. The van der Waals surface area contributed by atoms with Gasteiger partial charge >= 0.3 is 5.97 Å². The number of hydrogen-bond donors (Lipinski definition) is 1. The van der Waals surface area contributed by atoms with Crippen LogP contribution in [0.5, 0.6) is 5.75 Å². The van der Waals surface area contributed by atoms with Crippen LogP contribution in [0.1, 0.15) is 62.0 Å². The number of allylic oxidation sites excluding steroid dienone is 4. The summed E-state index contributed by atoms with van der Waals surface area (Å²) in [5.74, 6) is -0.622. The highest BCUT2D eigenvalue weighted by Gasteiger charge is 2.44. The van der Waals surface area contributed by atoms with E-state index >= 15 is 0 Å². The van der Waals surface area contributed by atoms with Crippen molar-refractivity contribution < 1.29 is 24.2 Å². The molecule has 0 amide bonds. The Labute approximate surface area is 204 Å². The van der Waals surface area contributed by atoms with Crippen molar-refractivity contribution in [3.8, 4) is 5.75 Å². The summed E-state index contributed by atoms with van der Waals surface area (Å²) in [5.41, 5.74) is 4.93. The van der Waals surface area contributed by atoms with Crippen molar-refractivity contribution in [1.29, 1.82) is 0 Å². The van der Waals surface area contributed by atoms with Crippen LogP contribution in [-0.2, 0) is 21.0 Å². The number of Topliss-reactive ketones (excluding diaryl/α,β-unsaturated/α-hetero) is 2. The molecule has 0 radical (unpaired) electrons. The number of carboxylic acid groups (broad SMARTS) is 1. The molecule has 0 bridgehead atoms. The third-order valence-electron chi connectivity index (χ3n) is 7.10. The first-order valence-electron chi connectivity index (χ1n) is 12.3. The first kappa shape index (κ1) is 23.1. The van der Waals surface area contributed by atoms with E-state index in [1.165, 1.54) is 0 Å². The van der Waals surface area contributed by atoms with E-state index in [0.717, 1.165) is 35.4 Å². The summed E-state index contributed by atoms with van der Waals surface area (Å²) in [5, 5.41) is 9.35. The number of nitrogens with zero attached hydrogens (tertiary/aromatic N) is 1. The third kappa shape index (κ3) is 4.53. The minimum atomic E-state index is -0.889. The fraction of sp³-hybridized carbons (Fsp3) is 0.345. The summed E-state index contributed by atoms with van der Waals surface area (Å²) in [6.07, 6.45) is 3.70. The van der Waals surface area contributed by atoms with E-state index in [9.17, 15) is 19.5 Å². The summed E-state index contributed by atoms with van der Waals surface area (Å²) in [6.45, 7) is 0.654. The Morgan fingerprint density at radius 2 is 1.46 bits per heavy atom. The highest BCUT2D eigenvalue weighted by Crippen LogP contribution is 2.50. The molecule has 0 atom stereocenters. The number of ketones is 2. The first-order valence-corrected chi connectivity index (χ1v) is 12.3. The van der Waals surface area contributed by atoms with E-state index in [2.05, 4.69) is 0 Å². The van der Waals surface area contributed by atoms with Gasteiger partial charge < -0.3 is 14.7 Å². The van der Waals surface area contributed by atoms with Crippen molar-refractivity contribution in [1.82, 2.24) is 4.90 Å². The number of carbonyl (C=O) groups is 3.